The van der Waals surface area contributed by atoms with E-state index < -0.39 is 0 Å². The Bertz CT molecular complexity index is 496. The van der Waals surface area contributed by atoms with Gasteiger partial charge in [0.2, 0.25) is 0 Å². The van der Waals surface area contributed by atoms with E-state index in [1.807, 2.05) is 6.07 Å². The lowest BCUT2D eigenvalue weighted by Gasteiger charge is -2.13. The van der Waals surface area contributed by atoms with Crippen LogP contribution in [0.3, 0.4) is 0 Å². The summed E-state index contributed by atoms with van der Waals surface area (Å²) in [5, 5.41) is 5.64. The van der Waals surface area contributed by atoms with Crippen molar-refractivity contribution in [2.24, 2.45) is 0 Å². The molecular weight excluding hydrogens is 362 g/mol. The van der Waals surface area contributed by atoms with E-state index >= 15 is 0 Å². The molecule has 1 nitrogen and oxygen atoms in total. The van der Waals surface area contributed by atoms with Gasteiger partial charge in [-0.1, -0.05) is 34.1 Å². The average molecular weight is 375 g/mol. The van der Waals surface area contributed by atoms with Crippen LogP contribution >= 0.6 is 43.2 Å². The zero-order chi connectivity index (χ0) is 12.3. The first-order valence-electron chi connectivity index (χ1n) is 5.38. The van der Waals surface area contributed by atoms with E-state index in [1.54, 1.807) is 11.3 Å². The Morgan fingerprint density at radius 2 is 1.94 bits per heavy atom. The zero-order valence-electron chi connectivity index (χ0n) is 9.41. The summed E-state index contributed by atoms with van der Waals surface area (Å²) in [6, 6.07) is 10.8. The lowest BCUT2D eigenvalue weighted by atomic mass is 10.2. The summed E-state index contributed by atoms with van der Waals surface area (Å²) in [6.45, 7) is 3.06. The second kappa shape index (κ2) is 6.14. The number of thiophene rings is 1. The minimum absolute atomic E-state index is 0.358. The maximum absolute atomic E-state index is 3.57. The molecule has 1 unspecified atom stereocenters. The molecule has 0 fully saturated rings. The Morgan fingerprint density at radius 1 is 1.18 bits per heavy atom. The third kappa shape index (κ3) is 3.41. The van der Waals surface area contributed by atoms with Gasteiger partial charge in [-0.25, -0.2) is 0 Å². The van der Waals surface area contributed by atoms with Crippen LogP contribution in [-0.4, -0.2) is 0 Å². The normalized spacial score (nSPS) is 12.6. The molecule has 1 atom stereocenters. The maximum Gasteiger partial charge on any atom is 0.0400 e. The molecule has 1 aromatic carbocycles. The molecule has 2 aromatic rings. The summed E-state index contributed by atoms with van der Waals surface area (Å²) in [7, 11) is 0. The predicted molar refractivity (Wildman–Crippen MR) is 81.4 cm³/mol. The van der Waals surface area contributed by atoms with Crippen molar-refractivity contribution in [3.63, 3.8) is 0 Å². The quantitative estimate of drug-likeness (QED) is 0.782. The first-order chi connectivity index (χ1) is 8.18. The molecule has 0 amide bonds. The van der Waals surface area contributed by atoms with Gasteiger partial charge in [0.1, 0.15) is 0 Å². The molecule has 90 valence electrons. The highest BCUT2D eigenvalue weighted by molar-refractivity contribution is 9.10. The second-order valence-electron chi connectivity index (χ2n) is 3.83. The topological polar surface area (TPSA) is 12.0 Å². The van der Waals surface area contributed by atoms with Crippen LogP contribution in [0.5, 0.6) is 0 Å². The molecule has 0 radical (unpaired) electrons. The van der Waals surface area contributed by atoms with E-state index in [0.717, 1.165) is 11.0 Å². The number of halogens is 2. The van der Waals surface area contributed by atoms with Gasteiger partial charge in [0.15, 0.2) is 0 Å². The Balaban J connectivity index is 2.00. The van der Waals surface area contributed by atoms with E-state index in [2.05, 4.69) is 73.7 Å². The van der Waals surface area contributed by atoms with Crippen molar-refractivity contribution in [2.45, 2.75) is 19.5 Å². The third-order valence-electron chi connectivity index (χ3n) is 2.59. The minimum atomic E-state index is 0.358. The molecule has 1 aromatic heterocycles. The molecule has 1 N–H and O–H groups in total. The van der Waals surface area contributed by atoms with Crippen LogP contribution < -0.4 is 5.32 Å². The van der Waals surface area contributed by atoms with Gasteiger partial charge in [-0.05, 0) is 45.9 Å². The first-order valence-corrected chi connectivity index (χ1v) is 7.84. The number of rotatable bonds is 4. The van der Waals surface area contributed by atoms with Crippen LogP contribution in [0.15, 0.2) is 44.7 Å². The fraction of sp³-hybridized carbons (Fsp3) is 0.231. The molecular formula is C13H13Br2NS. The second-order valence-corrected chi connectivity index (χ2v) is 6.48. The molecule has 0 aliphatic carbocycles. The lowest BCUT2D eigenvalue weighted by molar-refractivity contribution is 0.580. The Labute approximate surface area is 123 Å². The summed E-state index contributed by atoms with van der Waals surface area (Å²) in [5.74, 6) is 0. The van der Waals surface area contributed by atoms with Gasteiger partial charge >= 0.3 is 0 Å². The van der Waals surface area contributed by atoms with E-state index in [9.17, 15) is 0 Å². The highest BCUT2D eigenvalue weighted by atomic mass is 79.9. The van der Waals surface area contributed by atoms with E-state index in [-0.39, 0.29) is 0 Å². The van der Waals surface area contributed by atoms with Crippen LogP contribution in [0.4, 0.5) is 0 Å². The molecule has 1 heterocycles. The standard InChI is InChI=1S/C13H13Br2NS/c1-9(13-12(15)6-7-17-13)16-8-10-4-2-3-5-11(10)14/h2-7,9,16H,8H2,1H3. The summed E-state index contributed by atoms with van der Waals surface area (Å²) in [4.78, 5) is 1.34. The van der Waals surface area contributed by atoms with Gasteiger partial charge in [-0.3, -0.25) is 0 Å². The highest BCUT2D eigenvalue weighted by Crippen LogP contribution is 2.29. The largest absolute Gasteiger partial charge is 0.305 e. The minimum Gasteiger partial charge on any atom is -0.305 e. The molecule has 0 saturated heterocycles. The van der Waals surface area contributed by atoms with Crippen LogP contribution in [0.1, 0.15) is 23.4 Å². The van der Waals surface area contributed by atoms with Crippen molar-refractivity contribution in [3.05, 3.63) is 55.1 Å². The fourth-order valence-electron chi connectivity index (χ4n) is 1.61. The molecule has 0 aliphatic rings. The van der Waals surface area contributed by atoms with Gasteiger partial charge in [-0.15, -0.1) is 11.3 Å². The van der Waals surface area contributed by atoms with Crippen LogP contribution in [-0.2, 0) is 6.54 Å². The molecule has 4 heteroatoms. The van der Waals surface area contributed by atoms with Gasteiger partial charge in [0, 0.05) is 26.4 Å². The van der Waals surface area contributed by atoms with Crippen molar-refractivity contribution in [1.82, 2.24) is 5.32 Å². The lowest BCUT2D eigenvalue weighted by Crippen LogP contribution is -2.17. The highest BCUT2D eigenvalue weighted by Gasteiger charge is 2.10. The predicted octanol–water partition coefficient (Wildman–Crippen LogP) is 5.12. The molecule has 0 spiro atoms. The molecule has 0 saturated carbocycles. The molecule has 0 aliphatic heterocycles. The number of hydrogen-bond donors (Lipinski definition) is 1. The Kier molecular flexibility index (Phi) is 4.79. The van der Waals surface area contributed by atoms with Gasteiger partial charge < -0.3 is 5.32 Å². The third-order valence-corrected chi connectivity index (χ3v) is 5.42. The van der Waals surface area contributed by atoms with Crippen LogP contribution in [0.2, 0.25) is 0 Å². The van der Waals surface area contributed by atoms with Crippen molar-refractivity contribution in [1.29, 1.82) is 0 Å². The fourth-order valence-corrected chi connectivity index (χ4v) is 3.79. The summed E-state index contributed by atoms with van der Waals surface area (Å²) in [6.07, 6.45) is 0. The SMILES string of the molecule is CC(NCc1ccccc1Br)c1sccc1Br. The van der Waals surface area contributed by atoms with Gasteiger partial charge in [-0.2, -0.15) is 0 Å². The van der Waals surface area contributed by atoms with Gasteiger partial charge in [0.05, 0.1) is 0 Å². The number of hydrogen-bond acceptors (Lipinski definition) is 2. The van der Waals surface area contributed by atoms with Crippen molar-refractivity contribution in [2.75, 3.05) is 0 Å². The van der Waals surface area contributed by atoms with Crippen molar-refractivity contribution in [3.8, 4) is 0 Å². The molecule has 2 rings (SSSR count). The van der Waals surface area contributed by atoms with Gasteiger partial charge in [0.25, 0.3) is 0 Å². The van der Waals surface area contributed by atoms with E-state index in [4.69, 9.17) is 0 Å². The first kappa shape index (κ1) is 13.3. The molecule has 0 bridgehead atoms. The Hall–Kier alpha value is -0.160. The zero-order valence-corrected chi connectivity index (χ0v) is 13.4. The Morgan fingerprint density at radius 3 is 2.59 bits per heavy atom. The van der Waals surface area contributed by atoms with Crippen LogP contribution in [0, 0.1) is 0 Å². The summed E-state index contributed by atoms with van der Waals surface area (Å²) < 4.78 is 2.35. The number of benzene rings is 1. The molecule has 17 heavy (non-hydrogen) atoms. The van der Waals surface area contributed by atoms with E-state index in [0.29, 0.717) is 6.04 Å². The summed E-state index contributed by atoms with van der Waals surface area (Å²) >= 11 is 8.91. The van der Waals surface area contributed by atoms with E-state index in [1.165, 1.54) is 14.9 Å². The maximum atomic E-state index is 3.57. The monoisotopic (exact) mass is 373 g/mol. The van der Waals surface area contributed by atoms with Crippen molar-refractivity contribution >= 4 is 43.2 Å². The average Bonchev–Trinajstić information content (AvgIpc) is 2.74. The number of nitrogens with one attached hydrogen (secondary N) is 1. The smallest absolute Gasteiger partial charge is 0.0400 e. The van der Waals surface area contributed by atoms with Crippen LogP contribution in [0.25, 0.3) is 0 Å². The van der Waals surface area contributed by atoms with Crippen molar-refractivity contribution < 1.29 is 0 Å². The summed E-state index contributed by atoms with van der Waals surface area (Å²) in [5.41, 5.74) is 1.28.